The molecular formula is C16H30O. The minimum absolute atomic E-state index is 0.0447. The molecule has 100 valence electrons. The zero-order valence-electron chi connectivity index (χ0n) is 13.1. The van der Waals surface area contributed by atoms with E-state index in [0.29, 0.717) is 11.7 Å². The number of carbonyl (C=O) groups is 1. The minimum Gasteiger partial charge on any atom is -0.299 e. The smallest absolute Gasteiger partial charge is 0.139 e. The molecule has 0 spiro atoms. The van der Waals surface area contributed by atoms with E-state index in [2.05, 4.69) is 62.3 Å². The molecular weight excluding hydrogens is 208 g/mol. The van der Waals surface area contributed by atoms with Crippen molar-refractivity contribution in [1.29, 1.82) is 0 Å². The molecule has 4 atom stereocenters. The van der Waals surface area contributed by atoms with Gasteiger partial charge in [0.1, 0.15) is 5.78 Å². The Morgan fingerprint density at radius 2 is 1.41 bits per heavy atom. The van der Waals surface area contributed by atoms with Crippen molar-refractivity contribution in [2.45, 2.75) is 62.3 Å². The Kier molecular flexibility index (Phi) is 3.32. The summed E-state index contributed by atoms with van der Waals surface area (Å²) in [6, 6.07) is 0. The van der Waals surface area contributed by atoms with Crippen molar-refractivity contribution < 1.29 is 4.79 Å². The van der Waals surface area contributed by atoms with Crippen LogP contribution in [0.5, 0.6) is 0 Å². The quantitative estimate of drug-likeness (QED) is 0.605. The summed E-state index contributed by atoms with van der Waals surface area (Å²) in [6.45, 7) is 20.3. The lowest BCUT2D eigenvalue weighted by molar-refractivity contribution is -0.171. The van der Waals surface area contributed by atoms with Crippen molar-refractivity contribution in [3.05, 3.63) is 0 Å². The van der Waals surface area contributed by atoms with Gasteiger partial charge in [0.2, 0.25) is 0 Å². The second-order valence-electron chi connectivity index (χ2n) is 7.88. The molecule has 0 aliphatic heterocycles. The van der Waals surface area contributed by atoms with Crippen molar-refractivity contribution in [2.24, 2.45) is 34.0 Å². The van der Waals surface area contributed by atoms with Crippen LogP contribution in [0.25, 0.3) is 0 Å². The van der Waals surface area contributed by atoms with Gasteiger partial charge in [-0.25, -0.2) is 0 Å². The van der Waals surface area contributed by atoms with E-state index in [1.165, 1.54) is 0 Å². The molecule has 1 nitrogen and oxygen atoms in total. The van der Waals surface area contributed by atoms with Crippen LogP contribution < -0.4 is 0 Å². The maximum atomic E-state index is 12.5. The monoisotopic (exact) mass is 238 g/mol. The van der Waals surface area contributed by atoms with E-state index < -0.39 is 0 Å². The van der Waals surface area contributed by atoms with Gasteiger partial charge in [-0.1, -0.05) is 62.3 Å². The molecule has 0 aromatic rings. The molecule has 0 heterocycles. The van der Waals surface area contributed by atoms with E-state index in [4.69, 9.17) is 0 Å². The Balaban J connectivity index is 3.42. The van der Waals surface area contributed by atoms with Crippen molar-refractivity contribution in [3.63, 3.8) is 0 Å². The van der Waals surface area contributed by atoms with Crippen molar-refractivity contribution in [2.75, 3.05) is 0 Å². The fourth-order valence-corrected chi connectivity index (χ4v) is 4.20. The van der Waals surface area contributed by atoms with Gasteiger partial charge < -0.3 is 0 Å². The molecule has 0 amide bonds. The van der Waals surface area contributed by atoms with Gasteiger partial charge >= 0.3 is 0 Å². The highest BCUT2D eigenvalue weighted by Crippen LogP contribution is 2.63. The summed E-state index contributed by atoms with van der Waals surface area (Å²) in [6.07, 6.45) is 0. The number of carbonyl (C=O) groups excluding carboxylic acids is 1. The summed E-state index contributed by atoms with van der Waals surface area (Å²) in [5, 5.41) is 0. The van der Waals surface area contributed by atoms with Gasteiger partial charge in [-0.3, -0.25) is 4.79 Å². The third-order valence-corrected chi connectivity index (χ3v) is 6.53. The molecule has 1 aliphatic carbocycles. The Labute approximate surface area is 107 Å². The second-order valence-corrected chi connectivity index (χ2v) is 7.88. The first-order valence-corrected chi connectivity index (χ1v) is 6.92. The predicted molar refractivity (Wildman–Crippen MR) is 73.8 cm³/mol. The molecule has 1 heteroatoms. The molecule has 1 saturated carbocycles. The van der Waals surface area contributed by atoms with Crippen LogP contribution in [-0.2, 0) is 4.79 Å². The SMILES string of the molecule is CC1C(=O)C(C)C(C)(C(C)(C)C)C(C)(C)C1C. The van der Waals surface area contributed by atoms with Crippen molar-refractivity contribution in [1.82, 2.24) is 0 Å². The molecule has 0 aromatic carbocycles. The lowest BCUT2D eigenvalue weighted by Gasteiger charge is -2.62. The van der Waals surface area contributed by atoms with Gasteiger partial charge in [0.15, 0.2) is 0 Å². The number of hydrogen-bond acceptors (Lipinski definition) is 1. The summed E-state index contributed by atoms with van der Waals surface area (Å²) < 4.78 is 0. The van der Waals surface area contributed by atoms with Crippen LogP contribution in [0.15, 0.2) is 0 Å². The summed E-state index contributed by atoms with van der Waals surface area (Å²) in [7, 11) is 0. The topological polar surface area (TPSA) is 17.1 Å². The predicted octanol–water partition coefficient (Wildman–Crippen LogP) is 4.56. The molecule has 0 bridgehead atoms. The summed E-state index contributed by atoms with van der Waals surface area (Å²) in [4.78, 5) is 12.5. The highest BCUT2D eigenvalue weighted by Gasteiger charge is 2.61. The molecule has 1 aliphatic rings. The second kappa shape index (κ2) is 3.83. The number of hydrogen-bond donors (Lipinski definition) is 0. The Morgan fingerprint density at radius 1 is 1.00 bits per heavy atom. The van der Waals surface area contributed by atoms with Crippen LogP contribution in [-0.4, -0.2) is 5.78 Å². The number of rotatable bonds is 0. The van der Waals surface area contributed by atoms with Gasteiger partial charge in [0.05, 0.1) is 0 Å². The Bertz CT molecular complexity index is 321. The molecule has 1 fully saturated rings. The van der Waals surface area contributed by atoms with Crippen molar-refractivity contribution in [3.8, 4) is 0 Å². The van der Waals surface area contributed by atoms with E-state index >= 15 is 0 Å². The third kappa shape index (κ3) is 1.69. The first kappa shape index (κ1) is 14.7. The van der Waals surface area contributed by atoms with E-state index in [1.54, 1.807) is 0 Å². The maximum Gasteiger partial charge on any atom is 0.139 e. The van der Waals surface area contributed by atoms with Crippen LogP contribution in [0, 0.1) is 34.0 Å². The third-order valence-electron chi connectivity index (χ3n) is 6.53. The molecule has 1 rings (SSSR count). The molecule has 4 unspecified atom stereocenters. The lowest BCUT2D eigenvalue weighted by Crippen LogP contribution is -2.60. The van der Waals surface area contributed by atoms with E-state index in [0.717, 1.165) is 0 Å². The number of ketones is 1. The minimum atomic E-state index is 0.0447. The van der Waals surface area contributed by atoms with Crippen LogP contribution in [0.2, 0.25) is 0 Å². The van der Waals surface area contributed by atoms with E-state index in [-0.39, 0.29) is 28.1 Å². The van der Waals surface area contributed by atoms with E-state index in [1.807, 2.05) is 0 Å². The van der Waals surface area contributed by atoms with Gasteiger partial charge in [-0.15, -0.1) is 0 Å². The molecule has 17 heavy (non-hydrogen) atoms. The Morgan fingerprint density at radius 3 is 1.76 bits per heavy atom. The average molecular weight is 238 g/mol. The lowest BCUT2D eigenvalue weighted by atomic mass is 9.41. The number of Topliss-reactive ketones (excluding diaryl/α,β-unsaturated/α-hetero) is 1. The normalized spacial score (nSPS) is 42.6. The van der Waals surface area contributed by atoms with Crippen LogP contribution in [0.4, 0.5) is 0 Å². The van der Waals surface area contributed by atoms with Crippen LogP contribution in [0.3, 0.4) is 0 Å². The zero-order chi connectivity index (χ0) is 13.8. The van der Waals surface area contributed by atoms with E-state index in [9.17, 15) is 4.79 Å². The van der Waals surface area contributed by atoms with Gasteiger partial charge in [-0.2, -0.15) is 0 Å². The van der Waals surface area contributed by atoms with Gasteiger partial charge in [0, 0.05) is 11.8 Å². The first-order valence-electron chi connectivity index (χ1n) is 6.92. The largest absolute Gasteiger partial charge is 0.299 e. The van der Waals surface area contributed by atoms with Crippen molar-refractivity contribution >= 4 is 5.78 Å². The summed E-state index contributed by atoms with van der Waals surface area (Å²) in [5.74, 6) is 1.23. The zero-order valence-corrected chi connectivity index (χ0v) is 13.1. The molecule has 0 radical (unpaired) electrons. The average Bonchev–Trinajstić information content (AvgIpc) is 2.20. The van der Waals surface area contributed by atoms with Gasteiger partial charge in [0.25, 0.3) is 0 Å². The van der Waals surface area contributed by atoms with Crippen LogP contribution in [0.1, 0.15) is 62.3 Å². The first-order chi connectivity index (χ1) is 7.39. The fraction of sp³-hybridized carbons (Fsp3) is 0.938. The molecule has 0 aromatic heterocycles. The molecule has 0 N–H and O–H groups in total. The highest BCUT2D eigenvalue weighted by molar-refractivity contribution is 5.85. The maximum absolute atomic E-state index is 12.5. The van der Waals surface area contributed by atoms with Crippen LogP contribution >= 0.6 is 0 Å². The molecule has 0 saturated heterocycles. The summed E-state index contributed by atoms with van der Waals surface area (Å²) in [5.41, 5.74) is 0.362. The van der Waals surface area contributed by atoms with Gasteiger partial charge in [-0.05, 0) is 22.2 Å². The Hall–Kier alpha value is -0.330. The highest BCUT2D eigenvalue weighted by atomic mass is 16.1. The standard InChI is InChI=1S/C16H30O/c1-10-11(2)15(7,8)16(9,14(4,5)6)12(3)13(10)17/h10-12H,1-9H3. The fourth-order valence-electron chi connectivity index (χ4n) is 4.20. The summed E-state index contributed by atoms with van der Waals surface area (Å²) >= 11 is 0.